The average molecular weight is 909 g/mol. The number of nitrogens with zero attached hydrogens (tertiary/aromatic N) is 1. The summed E-state index contributed by atoms with van der Waals surface area (Å²) in [5, 5.41) is 9.79. The number of esters is 2. The number of likely N-dealkylation sites (N-methyl/N-ethyl adjacent to an activating group) is 1. The Morgan fingerprint density at radius 2 is 1.08 bits per heavy atom. The van der Waals surface area contributed by atoms with Crippen molar-refractivity contribution in [3.8, 4) is 0 Å². The fourth-order valence-corrected chi connectivity index (χ4v) is 7.46. The number of hydrogen-bond donors (Lipinski definition) is 2. The quantitative estimate of drug-likeness (QED) is 0.0153. The van der Waals surface area contributed by atoms with Crippen LogP contribution in [0.5, 0.6) is 0 Å². The molecule has 366 valence electrons. The summed E-state index contributed by atoms with van der Waals surface area (Å²) in [5.41, 5.74) is 0. The molecule has 0 spiro atoms. The number of phosphoric ester groups is 1. The van der Waals surface area contributed by atoms with Crippen LogP contribution < -0.4 is 0 Å². The smallest absolute Gasteiger partial charge is 0.462 e. The number of carbonyl (C=O) groups excluding carboxylic acids is 2. The first-order valence-corrected chi connectivity index (χ1v) is 26.6. The van der Waals surface area contributed by atoms with Crippen LogP contribution in [-0.4, -0.2) is 86.1 Å². The molecule has 10 nitrogen and oxygen atoms in total. The first-order valence-electron chi connectivity index (χ1n) is 25.1. The number of unbranched alkanes of at least 4 members (excludes halogenated alkanes) is 21. The lowest BCUT2D eigenvalue weighted by Gasteiger charge is -2.24. The average Bonchev–Trinajstić information content (AvgIpc) is 3.23. The van der Waals surface area contributed by atoms with Gasteiger partial charge in [-0.25, -0.2) is 4.57 Å². The van der Waals surface area contributed by atoms with Crippen molar-refractivity contribution < 1.29 is 47.2 Å². The number of carbonyl (C=O) groups is 2. The maximum atomic E-state index is 12.7. The number of quaternary nitrogens is 1. The minimum absolute atomic E-state index is 0.0122. The second-order valence-corrected chi connectivity index (χ2v) is 19.5. The molecule has 0 aromatic rings. The van der Waals surface area contributed by atoms with E-state index in [0.717, 1.165) is 38.5 Å². The molecule has 0 aliphatic carbocycles. The van der Waals surface area contributed by atoms with Crippen molar-refractivity contribution in [2.24, 2.45) is 0 Å². The van der Waals surface area contributed by atoms with Crippen LogP contribution in [0.4, 0.5) is 0 Å². The summed E-state index contributed by atoms with van der Waals surface area (Å²) < 4.78 is 34.3. The van der Waals surface area contributed by atoms with Gasteiger partial charge in [0.15, 0.2) is 6.10 Å². The lowest BCUT2D eigenvalue weighted by Crippen LogP contribution is -2.37. The molecule has 0 saturated heterocycles. The number of phosphoric acid groups is 1. The number of allylic oxidation sites excluding steroid dienone is 8. The molecule has 11 heteroatoms. The van der Waals surface area contributed by atoms with Crippen molar-refractivity contribution in [3.05, 3.63) is 60.8 Å². The highest BCUT2D eigenvalue weighted by atomic mass is 31.2. The summed E-state index contributed by atoms with van der Waals surface area (Å²) in [6, 6.07) is 0. The molecule has 0 aliphatic heterocycles. The van der Waals surface area contributed by atoms with Gasteiger partial charge in [-0.3, -0.25) is 18.6 Å². The van der Waals surface area contributed by atoms with E-state index in [9.17, 15) is 24.2 Å². The largest absolute Gasteiger partial charge is 0.472 e. The Morgan fingerprint density at radius 3 is 1.62 bits per heavy atom. The van der Waals surface area contributed by atoms with Gasteiger partial charge < -0.3 is 24.0 Å². The molecule has 2 N–H and O–H groups in total. The Labute approximate surface area is 386 Å². The fourth-order valence-electron chi connectivity index (χ4n) is 6.72. The molecule has 63 heavy (non-hydrogen) atoms. The number of hydrogen-bond acceptors (Lipinski definition) is 8. The second-order valence-electron chi connectivity index (χ2n) is 18.0. The van der Waals surface area contributed by atoms with Crippen molar-refractivity contribution in [2.45, 2.75) is 212 Å². The molecule has 0 aromatic heterocycles. The first-order chi connectivity index (χ1) is 30.4. The second kappa shape index (κ2) is 43.6. The SMILES string of the molecule is CC/C=C\C(O)C/C=C/C=C\C/C=C\C/C=C\CCCC(=O)O[C@H](COC(=O)CCCCCCCCCCCCCCCCCCCCCCC)COP(=O)(O)OCC[N+](C)(C)C. The third-order valence-corrected chi connectivity index (χ3v) is 11.6. The summed E-state index contributed by atoms with van der Waals surface area (Å²) in [6.45, 7) is 4.12. The molecule has 2 unspecified atom stereocenters. The van der Waals surface area contributed by atoms with Gasteiger partial charge in [0.1, 0.15) is 19.8 Å². The molecule has 0 heterocycles. The Kier molecular flexibility index (Phi) is 41.9. The lowest BCUT2D eigenvalue weighted by molar-refractivity contribution is -0.870. The van der Waals surface area contributed by atoms with E-state index in [4.69, 9.17) is 18.5 Å². The normalized spacial score (nSPS) is 14.5. The molecule has 0 aliphatic rings. The van der Waals surface area contributed by atoms with Crippen LogP contribution in [0.2, 0.25) is 0 Å². The van der Waals surface area contributed by atoms with Crippen LogP contribution >= 0.6 is 7.82 Å². The van der Waals surface area contributed by atoms with Crippen LogP contribution in [0.3, 0.4) is 0 Å². The van der Waals surface area contributed by atoms with Gasteiger partial charge >= 0.3 is 19.8 Å². The third kappa shape index (κ3) is 47.5. The van der Waals surface area contributed by atoms with E-state index in [0.29, 0.717) is 30.3 Å². The van der Waals surface area contributed by atoms with Gasteiger partial charge in [0.25, 0.3) is 0 Å². The van der Waals surface area contributed by atoms with Crippen LogP contribution in [-0.2, 0) is 32.7 Å². The maximum Gasteiger partial charge on any atom is 0.472 e. The molecule has 0 bridgehead atoms. The van der Waals surface area contributed by atoms with Crippen LogP contribution in [0, 0.1) is 0 Å². The zero-order valence-electron chi connectivity index (χ0n) is 40.9. The minimum Gasteiger partial charge on any atom is -0.462 e. The standard InChI is InChI=1S/C52H94NO9P/c1-6-8-10-11-12-13-14-15-16-17-18-19-20-21-22-23-27-30-33-36-39-43-51(55)59-47-50(48-61-63(57,58)60-46-45-53(3,4)5)62-52(56)44-40-37-34-31-28-25-24-26-29-32-35-38-42-49(54)41-9-7-2/h9,24-25,29,31-32,34-35,38,41,49-50,54H,6-8,10-23,26-28,30,33,36-37,39-40,42-48H2,1-5H3/p+1/b25-24-,32-29-,34-31-,38-35+,41-9-/t49?,50-/m1/s1. The van der Waals surface area contributed by atoms with E-state index in [1.54, 1.807) is 0 Å². The zero-order valence-corrected chi connectivity index (χ0v) is 41.8. The highest BCUT2D eigenvalue weighted by molar-refractivity contribution is 7.47. The van der Waals surface area contributed by atoms with Gasteiger partial charge in [0.05, 0.1) is 33.9 Å². The van der Waals surface area contributed by atoms with Gasteiger partial charge in [0, 0.05) is 12.8 Å². The van der Waals surface area contributed by atoms with Crippen molar-refractivity contribution >= 4 is 19.8 Å². The Balaban J connectivity index is 4.34. The Morgan fingerprint density at radius 1 is 0.587 bits per heavy atom. The first kappa shape index (κ1) is 60.7. The Bertz CT molecular complexity index is 1270. The van der Waals surface area contributed by atoms with Crippen molar-refractivity contribution in [1.82, 2.24) is 0 Å². The molecule has 3 atom stereocenters. The highest BCUT2D eigenvalue weighted by Crippen LogP contribution is 2.43. The molecule has 0 rings (SSSR count). The highest BCUT2D eigenvalue weighted by Gasteiger charge is 2.27. The molecule has 0 radical (unpaired) electrons. The predicted molar refractivity (Wildman–Crippen MR) is 262 cm³/mol. The summed E-state index contributed by atoms with van der Waals surface area (Å²) in [7, 11) is 1.41. The van der Waals surface area contributed by atoms with Gasteiger partial charge in [-0.1, -0.05) is 203 Å². The van der Waals surface area contributed by atoms with E-state index < -0.39 is 32.6 Å². The van der Waals surface area contributed by atoms with Crippen molar-refractivity contribution in [3.63, 3.8) is 0 Å². The van der Waals surface area contributed by atoms with E-state index in [-0.39, 0.29) is 32.0 Å². The van der Waals surface area contributed by atoms with Gasteiger partial charge in [-0.15, -0.1) is 0 Å². The predicted octanol–water partition coefficient (Wildman–Crippen LogP) is 13.8. The summed E-state index contributed by atoms with van der Waals surface area (Å²) >= 11 is 0. The summed E-state index contributed by atoms with van der Waals surface area (Å²) in [5.74, 6) is -0.886. The number of rotatable bonds is 45. The molecular weight excluding hydrogens is 814 g/mol. The number of aliphatic hydroxyl groups excluding tert-OH is 1. The van der Waals surface area contributed by atoms with Gasteiger partial charge in [0.2, 0.25) is 0 Å². The van der Waals surface area contributed by atoms with Crippen molar-refractivity contribution in [1.29, 1.82) is 0 Å². The van der Waals surface area contributed by atoms with Crippen LogP contribution in [0.1, 0.15) is 200 Å². The van der Waals surface area contributed by atoms with Gasteiger partial charge in [-0.05, 0) is 44.9 Å². The topological polar surface area (TPSA) is 129 Å². The zero-order chi connectivity index (χ0) is 46.5. The minimum atomic E-state index is -4.41. The summed E-state index contributed by atoms with van der Waals surface area (Å²) in [6.07, 6.45) is 50.6. The maximum absolute atomic E-state index is 12.7. The van der Waals surface area contributed by atoms with Crippen molar-refractivity contribution in [2.75, 3.05) is 47.5 Å². The lowest BCUT2D eigenvalue weighted by atomic mass is 10.0. The molecule has 0 amide bonds. The third-order valence-electron chi connectivity index (χ3n) is 10.6. The van der Waals surface area contributed by atoms with Crippen LogP contribution in [0.15, 0.2) is 60.8 Å². The monoisotopic (exact) mass is 909 g/mol. The number of ether oxygens (including phenoxy) is 2. The van der Waals surface area contributed by atoms with E-state index in [1.165, 1.54) is 116 Å². The molecule has 0 aromatic carbocycles. The van der Waals surface area contributed by atoms with Crippen LogP contribution in [0.25, 0.3) is 0 Å². The Hall–Kier alpha value is -2.33. The van der Waals surface area contributed by atoms with Gasteiger partial charge in [-0.2, -0.15) is 0 Å². The molecule has 0 saturated carbocycles. The van der Waals surface area contributed by atoms with E-state index in [2.05, 4.69) is 25.2 Å². The van der Waals surface area contributed by atoms with E-state index >= 15 is 0 Å². The molecule has 0 fully saturated rings. The van der Waals surface area contributed by atoms with E-state index in [1.807, 2.05) is 70.6 Å². The number of aliphatic hydroxyl groups is 1. The summed E-state index contributed by atoms with van der Waals surface area (Å²) in [4.78, 5) is 35.5. The fraction of sp³-hybridized carbons (Fsp3) is 0.769. The molecular formula is C52H95NO9P+.